The van der Waals surface area contributed by atoms with E-state index in [0.717, 1.165) is 12.1 Å². The van der Waals surface area contributed by atoms with E-state index < -0.39 is 46.1 Å². The third-order valence-corrected chi connectivity index (χ3v) is 8.93. The summed E-state index contributed by atoms with van der Waals surface area (Å²) in [6.07, 6.45) is 0. The van der Waals surface area contributed by atoms with E-state index in [-0.39, 0.29) is 105 Å². The lowest BCUT2D eigenvalue weighted by Crippen LogP contribution is -2.28. The molecule has 56 heavy (non-hydrogen) atoms. The molecule has 0 aliphatic heterocycles. The number of hydrogen-bond donors (Lipinski definition) is 12. The highest BCUT2D eigenvalue weighted by molar-refractivity contribution is 6.34. The molecule has 0 heterocycles. The zero-order chi connectivity index (χ0) is 39.4. The molecule has 2 aliphatic rings. The Morgan fingerprint density at radius 2 is 0.750 bits per heavy atom. The zero-order valence-electron chi connectivity index (χ0n) is 30.1. The van der Waals surface area contributed by atoms with Crippen molar-refractivity contribution < 1.29 is 60.0 Å². The Labute approximate surface area is 332 Å². The van der Waals surface area contributed by atoms with Gasteiger partial charge in [-0.15, -0.1) is 24.8 Å². The highest BCUT2D eigenvalue weighted by atomic mass is 35.5. The number of aliphatic hydroxyl groups is 2. The summed E-state index contributed by atoms with van der Waals surface area (Å²) in [6, 6.07) is 8.07. The number of aromatic hydroxyl groups is 6. The standard InChI is InChI=1S/C22H28N4O6.C16H12O6.2ClH/c27-11-9-23-5-7-25-13-1-2-14(26-8-6-24-10-12-28)18-17(13)21(31)19-15(29)3-4-16(30)20(19)22(18)32;1-5-3-7(17)9-11(13(5)19)15(21)10-8(18)4-6(2)14(20)12(10)16(9)22;;/h1-4,23-30H,5-12H2;3-4,17-20H,1-2H3;2*1H. The van der Waals surface area contributed by atoms with Gasteiger partial charge in [0.25, 0.3) is 0 Å². The fourth-order valence-corrected chi connectivity index (χ4v) is 6.37. The molecule has 0 spiro atoms. The molecule has 2 aliphatic carbocycles. The summed E-state index contributed by atoms with van der Waals surface area (Å²) in [5.41, 5.74) is -0.366. The summed E-state index contributed by atoms with van der Waals surface area (Å²) in [5, 5.41) is 90.6. The number of ketones is 4. The van der Waals surface area contributed by atoms with Crippen LogP contribution < -0.4 is 21.3 Å². The lowest BCUT2D eigenvalue weighted by atomic mass is 9.80. The van der Waals surface area contributed by atoms with Gasteiger partial charge in [0.15, 0.2) is 0 Å². The number of halogens is 2. The second kappa shape index (κ2) is 18.8. The van der Waals surface area contributed by atoms with Crippen molar-refractivity contribution in [1.82, 2.24) is 10.6 Å². The van der Waals surface area contributed by atoms with Crippen LogP contribution in [-0.2, 0) is 0 Å². The van der Waals surface area contributed by atoms with Crippen molar-refractivity contribution >= 4 is 59.3 Å². The first-order valence-electron chi connectivity index (χ1n) is 16.9. The third kappa shape index (κ3) is 8.30. The largest absolute Gasteiger partial charge is 0.507 e. The number of fused-ring (bicyclic) bond motifs is 4. The maximum absolute atomic E-state index is 13.4. The van der Waals surface area contributed by atoms with E-state index in [4.69, 9.17) is 10.2 Å². The lowest BCUT2D eigenvalue weighted by Gasteiger charge is -2.25. The molecular weight excluding hydrogens is 775 g/mol. The van der Waals surface area contributed by atoms with Crippen LogP contribution in [0.15, 0.2) is 36.4 Å². The van der Waals surface area contributed by atoms with Gasteiger partial charge in [-0.3, -0.25) is 19.2 Å². The van der Waals surface area contributed by atoms with Gasteiger partial charge in [-0.2, -0.15) is 0 Å². The van der Waals surface area contributed by atoms with Gasteiger partial charge < -0.3 is 62.1 Å². The summed E-state index contributed by atoms with van der Waals surface area (Å²) in [7, 11) is 0. The first-order valence-corrected chi connectivity index (χ1v) is 16.9. The van der Waals surface area contributed by atoms with E-state index in [9.17, 15) is 49.8 Å². The number of benzene rings is 4. The molecule has 0 saturated carbocycles. The molecule has 0 bridgehead atoms. The van der Waals surface area contributed by atoms with E-state index in [1.54, 1.807) is 12.1 Å². The smallest absolute Gasteiger partial charge is 0.202 e. The second-order valence-corrected chi connectivity index (χ2v) is 12.5. The van der Waals surface area contributed by atoms with Crippen LogP contribution in [0.3, 0.4) is 0 Å². The number of phenolic OH excluding ortho intramolecular Hbond substituents is 6. The molecule has 0 saturated heterocycles. The molecule has 16 nitrogen and oxygen atoms in total. The van der Waals surface area contributed by atoms with Crippen LogP contribution in [0.5, 0.6) is 34.5 Å². The minimum Gasteiger partial charge on any atom is -0.507 e. The maximum Gasteiger partial charge on any atom is 0.202 e. The summed E-state index contributed by atoms with van der Waals surface area (Å²) in [6.45, 7) is 5.74. The first kappa shape index (κ1) is 44.8. The van der Waals surface area contributed by atoms with Crippen LogP contribution in [-0.4, -0.2) is 116 Å². The van der Waals surface area contributed by atoms with E-state index in [2.05, 4.69) is 21.3 Å². The highest BCUT2D eigenvalue weighted by Gasteiger charge is 2.40. The van der Waals surface area contributed by atoms with Crippen molar-refractivity contribution in [3.05, 3.63) is 92.0 Å². The van der Waals surface area contributed by atoms with Crippen LogP contribution in [0.25, 0.3) is 0 Å². The van der Waals surface area contributed by atoms with E-state index in [1.807, 2.05) is 0 Å². The molecule has 0 unspecified atom stereocenters. The minimum atomic E-state index is -0.825. The number of hydrogen-bond acceptors (Lipinski definition) is 16. The monoisotopic (exact) mass is 816 g/mol. The molecule has 0 radical (unpaired) electrons. The van der Waals surface area contributed by atoms with Crippen LogP contribution >= 0.6 is 24.8 Å². The normalized spacial score (nSPS) is 12.2. The molecule has 6 rings (SSSR count). The Balaban J connectivity index is 0.000000308. The number of rotatable bonds is 12. The van der Waals surface area contributed by atoms with Crippen molar-refractivity contribution in [2.45, 2.75) is 13.8 Å². The fraction of sp³-hybridized carbons (Fsp3) is 0.263. The molecule has 4 aromatic carbocycles. The molecule has 18 heteroatoms. The molecule has 0 atom stereocenters. The molecule has 0 aromatic heterocycles. The number of aryl methyl sites for hydroxylation is 2. The number of carbonyl (C=O) groups is 4. The Kier molecular flexibility index (Phi) is 15.0. The Morgan fingerprint density at radius 1 is 0.429 bits per heavy atom. The van der Waals surface area contributed by atoms with Crippen molar-refractivity contribution in [2.24, 2.45) is 0 Å². The molecular formula is C38H42Cl2N4O12. The minimum absolute atomic E-state index is 0. The fourth-order valence-electron chi connectivity index (χ4n) is 6.37. The number of anilines is 2. The second-order valence-electron chi connectivity index (χ2n) is 12.5. The average Bonchev–Trinajstić information content (AvgIpc) is 3.13. The number of aliphatic hydroxyl groups excluding tert-OH is 2. The van der Waals surface area contributed by atoms with Crippen molar-refractivity contribution in [2.75, 3.05) is 63.1 Å². The Morgan fingerprint density at radius 3 is 1.09 bits per heavy atom. The topological polar surface area (TPSA) is 278 Å². The van der Waals surface area contributed by atoms with Crippen molar-refractivity contribution in [3.63, 3.8) is 0 Å². The molecule has 4 aromatic rings. The van der Waals surface area contributed by atoms with E-state index in [1.165, 1.54) is 26.0 Å². The lowest BCUT2D eigenvalue weighted by molar-refractivity contribution is 0.0969. The predicted octanol–water partition coefficient (Wildman–Crippen LogP) is 2.61. The van der Waals surface area contributed by atoms with Gasteiger partial charge in [0.05, 0.1) is 57.7 Å². The average molecular weight is 818 g/mol. The zero-order valence-corrected chi connectivity index (χ0v) is 31.8. The Bertz CT molecular complexity index is 2040. The van der Waals surface area contributed by atoms with Gasteiger partial charge in [-0.25, -0.2) is 0 Å². The van der Waals surface area contributed by atoms with Crippen LogP contribution in [0.1, 0.15) is 74.8 Å². The van der Waals surface area contributed by atoms with Gasteiger partial charge in [-0.05, 0) is 61.4 Å². The molecule has 300 valence electrons. The summed E-state index contributed by atoms with van der Waals surface area (Å²) in [5.74, 6) is -5.31. The molecule has 0 fully saturated rings. The first-order chi connectivity index (χ1) is 25.8. The maximum atomic E-state index is 13.4. The summed E-state index contributed by atoms with van der Waals surface area (Å²) >= 11 is 0. The van der Waals surface area contributed by atoms with Crippen molar-refractivity contribution in [1.29, 1.82) is 0 Å². The molecule has 12 N–H and O–H groups in total. The van der Waals surface area contributed by atoms with Crippen LogP contribution in [0.4, 0.5) is 11.4 Å². The summed E-state index contributed by atoms with van der Waals surface area (Å²) in [4.78, 5) is 51.9. The van der Waals surface area contributed by atoms with Gasteiger partial charge in [0.2, 0.25) is 23.1 Å². The SMILES string of the molecule is Cc1cc(O)c2c(c1O)C(=O)c1c(O)cc(C)c(O)c1C2=O.Cl.Cl.O=C1c2c(O)ccc(O)c2C(=O)c2c(NCCNCCO)ccc(NCCNCCO)c21. The van der Waals surface area contributed by atoms with Gasteiger partial charge >= 0.3 is 0 Å². The summed E-state index contributed by atoms with van der Waals surface area (Å²) < 4.78 is 0. The molecule has 0 amide bonds. The number of carbonyl (C=O) groups excluding carboxylic acids is 4. The highest BCUT2D eigenvalue weighted by Crippen LogP contribution is 2.46. The quantitative estimate of drug-likeness (QED) is 0.0625. The van der Waals surface area contributed by atoms with Gasteiger partial charge in [-0.1, -0.05) is 0 Å². The van der Waals surface area contributed by atoms with E-state index >= 15 is 0 Å². The van der Waals surface area contributed by atoms with Gasteiger partial charge in [0.1, 0.15) is 34.5 Å². The number of nitrogens with one attached hydrogen (secondary N) is 4. The Hall–Kier alpha value is -5.62. The third-order valence-electron chi connectivity index (χ3n) is 8.93. The van der Waals surface area contributed by atoms with E-state index in [0.29, 0.717) is 50.6 Å². The van der Waals surface area contributed by atoms with Crippen LogP contribution in [0.2, 0.25) is 0 Å². The predicted molar refractivity (Wildman–Crippen MR) is 210 cm³/mol. The van der Waals surface area contributed by atoms with Crippen molar-refractivity contribution in [3.8, 4) is 34.5 Å². The van der Waals surface area contributed by atoms with Gasteiger partial charge in [0, 0.05) is 50.6 Å². The van der Waals surface area contributed by atoms with Crippen LogP contribution in [0, 0.1) is 13.8 Å². The number of phenols is 6.